The van der Waals surface area contributed by atoms with Crippen molar-refractivity contribution in [3.05, 3.63) is 59.7 Å². The Morgan fingerprint density at radius 1 is 1.00 bits per heavy atom. The summed E-state index contributed by atoms with van der Waals surface area (Å²) < 4.78 is 10.8. The van der Waals surface area contributed by atoms with E-state index in [2.05, 4.69) is 26.1 Å². The first kappa shape index (κ1) is 19.8. The van der Waals surface area contributed by atoms with Crippen molar-refractivity contribution in [2.75, 3.05) is 13.7 Å². The molecule has 140 valence electrons. The molecule has 0 aliphatic heterocycles. The third-order valence-corrected chi connectivity index (χ3v) is 4.35. The van der Waals surface area contributed by atoms with E-state index >= 15 is 0 Å². The summed E-state index contributed by atoms with van der Waals surface area (Å²) in [5.74, 6) is 1.37. The minimum absolute atomic E-state index is 0.00151. The minimum Gasteiger partial charge on any atom is -0.497 e. The highest BCUT2D eigenvalue weighted by atomic mass is 16.5. The van der Waals surface area contributed by atoms with Crippen LogP contribution in [-0.2, 0) is 10.2 Å². The highest BCUT2D eigenvalue weighted by Crippen LogP contribution is 2.24. The Labute approximate surface area is 156 Å². The van der Waals surface area contributed by atoms with Gasteiger partial charge in [0.05, 0.1) is 13.2 Å². The van der Waals surface area contributed by atoms with Gasteiger partial charge in [0.2, 0.25) is 0 Å². The second-order valence-electron chi connectivity index (χ2n) is 7.36. The number of hydrogen-bond donors (Lipinski definition) is 1. The van der Waals surface area contributed by atoms with Crippen LogP contribution < -0.4 is 14.8 Å². The zero-order valence-electron chi connectivity index (χ0n) is 16.3. The van der Waals surface area contributed by atoms with Gasteiger partial charge >= 0.3 is 0 Å². The van der Waals surface area contributed by atoms with Crippen molar-refractivity contribution < 1.29 is 14.3 Å². The standard InChI is InChI=1S/C22H29NO3/c1-6-20(16-7-11-18(25-5)12-8-16)23-21(24)15-26-19-13-9-17(10-14-19)22(2,3)4/h7-14,20H,6,15H2,1-5H3,(H,23,24)/t20-/m1/s1. The second kappa shape index (κ2) is 8.75. The lowest BCUT2D eigenvalue weighted by molar-refractivity contribution is -0.123. The van der Waals surface area contributed by atoms with Gasteiger partial charge in [-0.05, 0) is 47.2 Å². The maximum absolute atomic E-state index is 12.2. The monoisotopic (exact) mass is 355 g/mol. The average Bonchev–Trinajstić information content (AvgIpc) is 2.64. The van der Waals surface area contributed by atoms with E-state index in [9.17, 15) is 4.79 Å². The van der Waals surface area contributed by atoms with Crippen LogP contribution in [0.5, 0.6) is 11.5 Å². The van der Waals surface area contributed by atoms with Crippen molar-refractivity contribution in [1.82, 2.24) is 5.32 Å². The molecule has 0 saturated carbocycles. The minimum atomic E-state index is -0.132. The Morgan fingerprint density at radius 3 is 2.08 bits per heavy atom. The fourth-order valence-electron chi connectivity index (χ4n) is 2.69. The highest BCUT2D eigenvalue weighted by molar-refractivity contribution is 5.78. The molecule has 0 unspecified atom stereocenters. The van der Waals surface area contributed by atoms with Crippen molar-refractivity contribution in [2.24, 2.45) is 0 Å². The Kier molecular flexibility index (Phi) is 6.67. The Morgan fingerprint density at radius 2 is 1.58 bits per heavy atom. The third-order valence-electron chi connectivity index (χ3n) is 4.35. The van der Waals surface area contributed by atoms with Gasteiger partial charge in [-0.2, -0.15) is 0 Å². The molecule has 2 aromatic carbocycles. The Hall–Kier alpha value is -2.49. The van der Waals surface area contributed by atoms with Crippen molar-refractivity contribution in [1.29, 1.82) is 0 Å². The molecule has 2 aromatic rings. The zero-order valence-corrected chi connectivity index (χ0v) is 16.3. The van der Waals surface area contributed by atoms with Crippen LogP contribution in [0.15, 0.2) is 48.5 Å². The van der Waals surface area contributed by atoms with E-state index in [-0.39, 0.29) is 24.0 Å². The van der Waals surface area contributed by atoms with E-state index < -0.39 is 0 Å². The molecule has 0 aromatic heterocycles. The largest absolute Gasteiger partial charge is 0.497 e. The molecule has 1 N–H and O–H groups in total. The molecule has 0 radical (unpaired) electrons. The summed E-state index contributed by atoms with van der Waals surface area (Å²) in [5, 5.41) is 3.02. The lowest BCUT2D eigenvalue weighted by Crippen LogP contribution is -2.32. The first-order chi connectivity index (χ1) is 12.3. The smallest absolute Gasteiger partial charge is 0.258 e. The van der Waals surface area contributed by atoms with Crippen LogP contribution in [0.3, 0.4) is 0 Å². The van der Waals surface area contributed by atoms with Crippen molar-refractivity contribution >= 4 is 5.91 Å². The number of carbonyl (C=O) groups is 1. The quantitative estimate of drug-likeness (QED) is 0.787. The highest BCUT2D eigenvalue weighted by Gasteiger charge is 2.15. The molecular formula is C22H29NO3. The van der Waals surface area contributed by atoms with Crippen molar-refractivity contribution in [2.45, 2.75) is 45.6 Å². The predicted octanol–water partition coefficient (Wildman–Crippen LogP) is 4.64. The topological polar surface area (TPSA) is 47.6 Å². The van der Waals surface area contributed by atoms with Crippen molar-refractivity contribution in [3.8, 4) is 11.5 Å². The second-order valence-corrected chi connectivity index (χ2v) is 7.36. The molecule has 2 rings (SSSR count). The molecule has 4 heteroatoms. The van der Waals surface area contributed by atoms with Crippen LogP contribution in [0.1, 0.15) is 51.3 Å². The summed E-state index contributed by atoms with van der Waals surface area (Å²) in [6, 6.07) is 15.6. The van der Waals surface area contributed by atoms with Crippen LogP contribution in [0.4, 0.5) is 0 Å². The number of benzene rings is 2. The fourth-order valence-corrected chi connectivity index (χ4v) is 2.69. The summed E-state index contributed by atoms with van der Waals surface area (Å²) in [6.45, 7) is 8.55. The maximum atomic E-state index is 12.2. The Balaban J connectivity index is 1.90. The van der Waals surface area contributed by atoms with Gasteiger partial charge in [-0.25, -0.2) is 0 Å². The molecule has 0 bridgehead atoms. The van der Waals surface area contributed by atoms with Crippen LogP contribution in [0.25, 0.3) is 0 Å². The third kappa shape index (κ3) is 5.51. The number of carbonyl (C=O) groups excluding carboxylic acids is 1. The van der Waals surface area contributed by atoms with Gasteiger partial charge < -0.3 is 14.8 Å². The van der Waals surface area contributed by atoms with E-state index in [0.29, 0.717) is 5.75 Å². The van der Waals surface area contributed by atoms with E-state index in [0.717, 1.165) is 17.7 Å². The summed E-state index contributed by atoms with van der Waals surface area (Å²) in [7, 11) is 1.64. The molecule has 0 fully saturated rings. The van der Waals surface area contributed by atoms with Crippen LogP contribution in [0, 0.1) is 0 Å². The number of amides is 1. The molecule has 0 spiro atoms. The first-order valence-corrected chi connectivity index (χ1v) is 9.00. The van der Waals surface area contributed by atoms with Gasteiger partial charge in [-0.1, -0.05) is 52.0 Å². The SMILES string of the molecule is CC[C@@H](NC(=O)COc1ccc(C(C)(C)C)cc1)c1ccc(OC)cc1. The molecule has 26 heavy (non-hydrogen) atoms. The number of ether oxygens (including phenoxy) is 2. The first-order valence-electron chi connectivity index (χ1n) is 9.00. The fraction of sp³-hybridized carbons (Fsp3) is 0.409. The van der Waals surface area contributed by atoms with E-state index in [1.165, 1.54) is 5.56 Å². The summed E-state index contributed by atoms with van der Waals surface area (Å²) in [5.41, 5.74) is 2.39. The number of nitrogens with one attached hydrogen (secondary N) is 1. The number of hydrogen-bond acceptors (Lipinski definition) is 3. The molecule has 0 heterocycles. The molecule has 1 atom stereocenters. The molecule has 0 aliphatic rings. The Bertz CT molecular complexity index is 700. The molecular weight excluding hydrogens is 326 g/mol. The normalized spacial score (nSPS) is 12.3. The molecule has 0 aliphatic carbocycles. The van der Waals surface area contributed by atoms with Crippen LogP contribution in [0.2, 0.25) is 0 Å². The van der Waals surface area contributed by atoms with Gasteiger partial charge in [-0.3, -0.25) is 4.79 Å². The lowest BCUT2D eigenvalue weighted by Gasteiger charge is -2.20. The van der Waals surface area contributed by atoms with Gasteiger partial charge in [-0.15, -0.1) is 0 Å². The molecule has 0 saturated heterocycles. The summed E-state index contributed by atoms with van der Waals surface area (Å²) in [6.07, 6.45) is 0.804. The summed E-state index contributed by atoms with van der Waals surface area (Å²) in [4.78, 5) is 12.2. The van der Waals surface area contributed by atoms with E-state index in [1.807, 2.05) is 55.5 Å². The lowest BCUT2D eigenvalue weighted by atomic mass is 9.87. The number of methoxy groups -OCH3 is 1. The summed E-state index contributed by atoms with van der Waals surface area (Å²) >= 11 is 0. The molecule has 4 nitrogen and oxygen atoms in total. The predicted molar refractivity (Wildman–Crippen MR) is 105 cm³/mol. The van der Waals surface area contributed by atoms with Crippen LogP contribution in [-0.4, -0.2) is 19.6 Å². The van der Waals surface area contributed by atoms with Gasteiger partial charge in [0, 0.05) is 0 Å². The van der Waals surface area contributed by atoms with E-state index in [1.54, 1.807) is 7.11 Å². The van der Waals surface area contributed by atoms with Crippen molar-refractivity contribution in [3.63, 3.8) is 0 Å². The maximum Gasteiger partial charge on any atom is 0.258 e. The zero-order chi connectivity index (χ0) is 19.2. The van der Waals surface area contributed by atoms with Gasteiger partial charge in [0.15, 0.2) is 6.61 Å². The average molecular weight is 355 g/mol. The van der Waals surface area contributed by atoms with Crippen LogP contribution >= 0.6 is 0 Å². The van der Waals surface area contributed by atoms with Gasteiger partial charge in [0.1, 0.15) is 11.5 Å². The van der Waals surface area contributed by atoms with Gasteiger partial charge in [0.25, 0.3) is 5.91 Å². The number of rotatable bonds is 7. The molecule has 1 amide bonds. The van der Waals surface area contributed by atoms with E-state index in [4.69, 9.17) is 9.47 Å².